The van der Waals surface area contributed by atoms with Crippen LogP contribution in [0.25, 0.3) is 6.08 Å². The Morgan fingerprint density at radius 1 is 1.28 bits per heavy atom. The van der Waals surface area contributed by atoms with E-state index in [-0.39, 0.29) is 11.8 Å². The van der Waals surface area contributed by atoms with Crippen LogP contribution in [0.3, 0.4) is 0 Å². The Balaban J connectivity index is 2.80. The normalized spacial score (nSPS) is 12.4. The van der Waals surface area contributed by atoms with E-state index in [2.05, 4.69) is 0 Å². The third-order valence-corrected chi connectivity index (χ3v) is 2.31. The number of esters is 1. The predicted octanol–water partition coefficient (Wildman–Crippen LogP) is 3.74. The minimum absolute atomic E-state index is 0.261. The van der Waals surface area contributed by atoms with E-state index in [0.717, 1.165) is 11.1 Å². The second-order valence-corrected chi connectivity index (χ2v) is 3.99. The lowest BCUT2D eigenvalue weighted by molar-refractivity contribution is -0.138. The fraction of sp³-hybridized carbons (Fsp3) is 0.267. The van der Waals surface area contributed by atoms with Gasteiger partial charge in [0.1, 0.15) is 5.82 Å². The standard InChI is InChI=1S/C15H17FO2/c1-4-18-15(17)12(3)9-11(2)10-13-5-7-14(16)8-6-13/h5-10H,4H2,1-3H3/b11-10+,12-9+. The highest BCUT2D eigenvalue weighted by Gasteiger charge is 2.03. The summed E-state index contributed by atoms with van der Waals surface area (Å²) in [6, 6.07) is 6.18. The first-order chi connectivity index (χ1) is 8.52. The number of allylic oxidation sites excluding steroid dienone is 2. The molecule has 0 bridgehead atoms. The number of ether oxygens (including phenoxy) is 1. The van der Waals surface area contributed by atoms with Crippen molar-refractivity contribution in [3.63, 3.8) is 0 Å². The molecule has 1 aromatic rings. The van der Waals surface area contributed by atoms with Crippen LogP contribution in [0.5, 0.6) is 0 Å². The molecule has 0 N–H and O–H groups in total. The highest BCUT2D eigenvalue weighted by atomic mass is 19.1. The van der Waals surface area contributed by atoms with Gasteiger partial charge in [-0.25, -0.2) is 9.18 Å². The monoisotopic (exact) mass is 248 g/mol. The molecule has 0 fully saturated rings. The van der Waals surface area contributed by atoms with Gasteiger partial charge in [0.25, 0.3) is 0 Å². The van der Waals surface area contributed by atoms with Crippen molar-refractivity contribution in [1.82, 2.24) is 0 Å². The average Bonchev–Trinajstić information content (AvgIpc) is 2.32. The number of carbonyl (C=O) groups excluding carboxylic acids is 1. The lowest BCUT2D eigenvalue weighted by Gasteiger charge is -2.02. The van der Waals surface area contributed by atoms with Gasteiger partial charge in [-0.05, 0) is 44.5 Å². The summed E-state index contributed by atoms with van der Waals surface area (Å²) in [6.45, 7) is 5.73. The zero-order chi connectivity index (χ0) is 13.5. The molecule has 0 atom stereocenters. The van der Waals surface area contributed by atoms with Crippen molar-refractivity contribution in [2.24, 2.45) is 0 Å². The van der Waals surface area contributed by atoms with Crippen LogP contribution in [-0.4, -0.2) is 12.6 Å². The van der Waals surface area contributed by atoms with Crippen molar-refractivity contribution >= 4 is 12.0 Å². The summed E-state index contributed by atoms with van der Waals surface area (Å²) in [6.07, 6.45) is 3.63. The van der Waals surface area contributed by atoms with Crippen LogP contribution in [0.2, 0.25) is 0 Å². The van der Waals surface area contributed by atoms with Crippen molar-refractivity contribution in [1.29, 1.82) is 0 Å². The van der Waals surface area contributed by atoms with Gasteiger partial charge < -0.3 is 4.74 Å². The maximum absolute atomic E-state index is 12.7. The Labute approximate surface area is 107 Å². The average molecular weight is 248 g/mol. The molecule has 0 aliphatic carbocycles. The number of rotatable bonds is 4. The summed E-state index contributed by atoms with van der Waals surface area (Å²) >= 11 is 0. The van der Waals surface area contributed by atoms with E-state index in [4.69, 9.17) is 4.74 Å². The Morgan fingerprint density at radius 2 is 1.89 bits per heavy atom. The number of hydrogen-bond acceptors (Lipinski definition) is 2. The van der Waals surface area contributed by atoms with Crippen LogP contribution < -0.4 is 0 Å². The van der Waals surface area contributed by atoms with Crippen molar-refractivity contribution in [3.05, 3.63) is 52.9 Å². The van der Waals surface area contributed by atoms with Gasteiger partial charge in [-0.1, -0.05) is 23.8 Å². The van der Waals surface area contributed by atoms with Crippen molar-refractivity contribution in [2.75, 3.05) is 6.61 Å². The molecule has 96 valence electrons. The molecule has 0 aliphatic rings. The lowest BCUT2D eigenvalue weighted by Crippen LogP contribution is -2.05. The number of halogens is 1. The number of hydrogen-bond donors (Lipinski definition) is 0. The van der Waals surface area contributed by atoms with E-state index in [1.165, 1.54) is 12.1 Å². The van der Waals surface area contributed by atoms with E-state index < -0.39 is 0 Å². The molecule has 1 aromatic carbocycles. The van der Waals surface area contributed by atoms with E-state index in [1.54, 1.807) is 32.1 Å². The maximum Gasteiger partial charge on any atom is 0.333 e. The molecule has 2 nitrogen and oxygen atoms in total. The topological polar surface area (TPSA) is 26.3 Å². The first kappa shape index (κ1) is 14.2. The molecule has 0 spiro atoms. The van der Waals surface area contributed by atoms with E-state index in [9.17, 15) is 9.18 Å². The van der Waals surface area contributed by atoms with E-state index in [0.29, 0.717) is 12.2 Å². The Morgan fingerprint density at radius 3 is 2.44 bits per heavy atom. The number of carbonyl (C=O) groups is 1. The summed E-state index contributed by atoms with van der Waals surface area (Å²) < 4.78 is 17.6. The van der Waals surface area contributed by atoms with Crippen molar-refractivity contribution < 1.29 is 13.9 Å². The zero-order valence-electron chi connectivity index (χ0n) is 10.9. The van der Waals surface area contributed by atoms with Crippen molar-refractivity contribution in [2.45, 2.75) is 20.8 Å². The summed E-state index contributed by atoms with van der Waals surface area (Å²) in [4.78, 5) is 11.4. The Kier molecular flexibility index (Phi) is 5.31. The minimum atomic E-state index is -0.315. The predicted molar refractivity (Wildman–Crippen MR) is 70.4 cm³/mol. The molecular formula is C15H17FO2. The molecule has 0 saturated carbocycles. The zero-order valence-corrected chi connectivity index (χ0v) is 10.9. The molecule has 0 heterocycles. The second-order valence-electron chi connectivity index (χ2n) is 3.99. The van der Waals surface area contributed by atoms with Gasteiger partial charge in [0.2, 0.25) is 0 Å². The molecule has 0 aromatic heterocycles. The molecule has 0 aliphatic heterocycles. The summed E-state index contributed by atoms with van der Waals surface area (Å²) in [5.41, 5.74) is 2.35. The van der Waals surface area contributed by atoms with Gasteiger partial charge in [-0.15, -0.1) is 0 Å². The molecule has 0 saturated heterocycles. The summed E-state index contributed by atoms with van der Waals surface area (Å²) in [7, 11) is 0. The SMILES string of the molecule is CCOC(=O)/C(C)=C/C(C)=C/c1ccc(F)cc1. The van der Waals surface area contributed by atoms with Crippen LogP contribution in [-0.2, 0) is 9.53 Å². The van der Waals surface area contributed by atoms with Crippen molar-refractivity contribution in [3.8, 4) is 0 Å². The van der Waals surface area contributed by atoms with Crippen LogP contribution >= 0.6 is 0 Å². The summed E-state index contributed by atoms with van der Waals surface area (Å²) in [5.74, 6) is -0.576. The first-order valence-corrected chi connectivity index (χ1v) is 5.82. The highest BCUT2D eigenvalue weighted by molar-refractivity contribution is 5.88. The van der Waals surface area contributed by atoms with Crippen LogP contribution in [0.1, 0.15) is 26.3 Å². The van der Waals surface area contributed by atoms with Crippen LogP contribution in [0.4, 0.5) is 4.39 Å². The van der Waals surface area contributed by atoms with Gasteiger partial charge in [0.05, 0.1) is 6.61 Å². The minimum Gasteiger partial charge on any atom is -0.463 e. The van der Waals surface area contributed by atoms with E-state index in [1.807, 2.05) is 13.0 Å². The quantitative estimate of drug-likeness (QED) is 0.461. The third-order valence-electron chi connectivity index (χ3n) is 2.31. The molecule has 1 rings (SSSR count). The molecule has 0 amide bonds. The summed E-state index contributed by atoms with van der Waals surface area (Å²) in [5, 5.41) is 0. The lowest BCUT2D eigenvalue weighted by atomic mass is 10.1. The van der Waals surface area contributed by atoms with Gasteiger partial charge in [0.15, 0.2) is 0 Å². The van der Waals surface area contributed by atoms with E-state index >= 15 is 0 Å². The van der Waals surface area contributed by atoms with Crippen LogP contribution in [0.15, 0.2) is 41.5 Å². The fourth-order valence-electron chi connectivity index (χ4n) is 1.51. The molecule has 0 radical (unpaired) electrons. The third kappa shape index (κ3) is 4.53. The Bertz CT molecular complexity index is 470. The second kappa shape index (κ2) is 6.74. The largest absolute Gasteiger partial charge is 0.463 e. The molecule has 3 heteroatoms. The molecule has 0 unspecified atom stereocenters. The Hall–Kier alpha value is -1.90. The fourth-order valence-corrected chi connectivity index (χ4v) is 1.51. The highest BCUT2D eigenvalue weighted by Crippen LogP contribution is 2.11. The molecule has 18 heavy (non-hydrogen) atoms. The van der Waals surface area contributed by atoms with Gasteiger partial charge >= 0.3 is 5.97 Å². The smallest absolute Gasteiger partial charge is 0.333 e. The van der Waals surface area contributed by atoms with Gasteiger partial charge in [0, 0.05) is 5.57 Å². The van der Waals surface area contributed by atoms with Gasteiger partial charge in [-0.3, -0.25) is 0 Å². The van der Waals surface area contributed by atoms with Gasteiger partial charge in [-0.2, -0.15) is 0 Å². The maximum atomic E-state index is 12.7. The number of benzene rings is 1. The first-order valence-electron chi connectivity index (χ1n) is 5.82. The molecular weight excluding hydrogens is 231 g/mol. The van der Waals surface area contributed by atoms with Crippen LogP contribution in [0, 0.1) is 5.82 Å².